The third-order valence-electron chi connectivity index (χ3n) is 3.84. The average Bonchev–Trinajstić information content (AvgIpc) is 3.12. The van der Waals surface area contributed by atoms with E-state index in [0.717, 1.165) is 16.7 Å². The zero-order valence-electron chi connectivity index (χ0n) is 15.0. The Morgan fingerprint density at radius 2 is 1.93 bits per heavy atom. The minimum Gasteiger partial charge on any atom is -0.483 e. The van der Waals surface area contributed by atoms with Crippen LogP contribution in [0.5, 0.6) is 5.75 Å². The molecule has 6 heteroatoms. The largest absolute Gasteiger partial charge is 0.483 e. The van der Waals surface area contributed by atoms with Crippen LogP contribution in [-0.4, -0.2) is 18.7 Å². The van der Waals surface area contributed by atoms with Crippen LogP contribution in [-0.2, 0) is 4.79 Å². The summed E-state index contributed by atoms with van der Waals surface area (Å²) in [7, 11) is 0. The van der Waals surface area contributed by atoms with Crippen LogP contribution in [0.15, 0.2) is 64.1 Å². The van der Waals surface area contributed by atoms with Crippen molar-refractivity contribution in [2.45, 2.75) is 13.8 Å². The summed E-state index contributed by atoms with van der Waals surface area (Å²) in [6, 6.07) is 16.8. The summed E-state index contributed by atoms with van der Waals surface area (Å²) in [6.07, 6.45) is 1.44. The Hall–Kier alpha value is -3.05. The fourth-order valence-electron chi connectivity index (χ4n) is 2.40. The summed E-state index contributed by atoms with van der Waals surface area (Å²) in [5, 5.41) is 4.56. The van der Waals surface area contributed by atoms with Crippen molar-refractivity contribution in [1.29, 1.82) is 0 Å². The number of nitrogens with zero attached hydrogens (tertiary/aromatic N) is 1. The molecule has 0 saturated heterocycles. The molecule has 3 aromatic rings. The van der Waals surface area contributed by atoms with Gasteiger partial charge in [0.1, 0.15) is 17.3 Å². The molecule has 1 N–H and O–H groups in total. The molecule has 0 unspecified atom stereocenters. The van der Waals surface area contributed by atoms with E-state index in [4.69, 9.17) is 20.8 Å². The molecule has 1 heterocycles. The molecule has 0 bridgehead atoms. The van der Waals surface area contributed by atoms with Gasteiger partial charge in [-0.3, -0.25) is 4.79 Å². The maximum Gasteiger partial charge on any atom is 0.277 e. The molecule has 27 heavy (non-hydrogen) atoms. The monoisotopic (exact) mass is 382 g/mol. The number of aryl methyl sites for hydroxylation is 2. The van der Waals surface area contributed by atoms with Crippen LogP contribution in [0.1, 0.15) is 16.9 Å². The lowest BCUT2D eigenvalue weighted by molar-refractivity contribution is -0.123. The fourth-order valence-corrected chi connectivity index (χ4v) is 2.52. The van der Waals surface area contributed by atoms with Gasteiger partial charge in [-0.2, -0.15) is 5.10 Å². The lowest BCUT2D eigenvalue weighted by atomic mass is 10.1. The minimum absolute atomic E-state index is 0.115. The highest BCUT2D eigenvalue weighted by atomic mass is 35.5. The molecule has 0 fully saturated rings. The van der Waals surface area contributed by atoms with E-state index >= 15 is 0 Å². The second-order valence-electron chi connectivity index (χ2n) is 6.06. The van der Waals surface area contributed by atoms with Crippen molar-refractivity contribution in [3.63, 3.8) is 0 Å². The van der Waals surface area contributed by atoms with Gasteiger partial charge in [0.15, 0.2) is 6.61 Å². The lowest BCUT2D eigenvalue weighted by Crippen LogP contribution is -2.24. The SMILES string of the molecule is Cc1ccc(C)c(OCC(=O)N/N=C/c2ccc(-c3ccc(Cl)cc3)o2)c1. The van der Waals surface area contributed by atoms with Gasteiger partial charge in [0.05, 0.1) is 6.21 Å². The van der Waals surface area contributed by atoms with E-state index in [0.29, 0.717) is 22.3 Å². The highest BCUT2D eigenvalue weighted by molar-refractivity contribution is 6.30. The molecule has 138 valence electrons. The quantitative estimate of drug-likeness (QED) is 0.494. The molecule has 5 nitrogen and oxygen atoms in total. The van der Waals surface area contributed by atoms with Gasteiger partial charge >= 0.3 is 0 Å². The third-order valence-corrected chi connectivity index (χ3v) is 4.09. The van der Waals surface area contributed by atoms with Gasteiger partial charge in [-0.05, 0) is 67.4 Å². The molecule has 1 aromatic heterocycles. The van der Waals surface area contributed by atoms with E-state index in [2.05, 4.69) is 10.5 Å². The second kappa shape index (κ2) is 8.56. The van der Waals surface area contributed by atoms with E-state index in [9.17, 15) is 4.79 Å². The number of nitrogens with one attached hydrogen (secondary N) is 1. The molecular formula is C21H19ClN2O3. The van der Waals surface area contributed by atoms with E-state index in [1.54, 1.807) is 18.2 Å². The number of amides is 1. The molecular weight excluding hydrogens is 364 g/mol. The number of benzene rings is 2. The topological polar surface area (TPSA) is 63.8 Å². The van der Waals surface area contributed by atoms with Crippen molar-refractivity contribution >= 4 is 23.7 Å². The number of hydrogen-bond donors (Lipinski definition) is 1. The summed E-state index contributed by atoms with van der Waals surface area (Å²) in [4.78, 5) is 11.9. The third kappa shape index (κ3) is 5.21. The highest BCUT2D eigenvalue weighted by Crippen LogP contribution is 2.23. The minimum atomic E-state index is -0.350. The van der Waals surface area contributed by atoms with Crippen molar-refractivity contribution in [1.82, 2.24) is 5.43 Å². The summed E-state index contributed by atoms with van der Waals surface area (Å²) in [5.74, 6) is 1.55. The molecule has 3 rings (SSSR count). The molecule has 1 amide bonds. The first-order valence-electron chi connectivity index (χ1n) is 8.39. The zero-order valence-corrected chi connectivity index (χ0v) is 15.8. The van der Waals surface area contributed by atoms with Crippen molar-refractivity contribution in [3.8, 4) is 17.1 Å². The Morgan fingerprint density at radius 3 is 2.70 bits per heavy atom. The molecule has 0 radical (unpaired) electrons. The molecule has 0 aliphatic heterocycles. The van der Waals surface area contributed by atoms with Gasteiger partial charge in [0, 0.05) is 10.6 Å². The van der Waals surface area contributed by atoms with Crippen molar-refractivity contribution in [2.75, 3.05) is 6.61 Å². The molecule has 0 saturated carbocycles. The number of carbonyl (C=O) groups is 1. The summed E-state index contributed by atoms with van der Waals surface area (Å²) in [6.45, 7) is 3.79. The summed E-state index contributed by atoms with van der Waals surface area (Å²) < 4.78 is 11.2. The molecule has 0 aliphatic carbocycles. The molecule has 2 aromatic carbocycles. The van der Waals surface area contributed by atoms with Gasteiger partial charge in [0.25, 0.3) is 5.91 Å². The van der Waals surface area contributed by atoms with Gasteiger partial charge in [-0.1, -0.05) is 23.7 Å². The number of halogens is 1. The Balaban J connectivity index is 1.52. The van der Waals surface area contributed by atoms with Crippen LogP contribution < -0.4 is 10.2 Å². The maximum absolute atomic E-state index is 11.9. The van der Waals surface area contributed by atoms with Crippen LogP contribution in [0.25, 0.3) is 11.3 Å². The van der Waals surface area contributed by atoms with Gasteiger partial charge in [-0.15, -0.1) is 0 Å². The van der Waals surface area contributed by atoms with E-state index < -0.39 is 0 Å². The zero-order chi connectivity index (χ0) is 19.2. The first-order valence-corrected chi connectivity index (χ1v) is 8.77. The van der Waals surface area contributed by atoms with Crippen LogP contribution >= 0.6 is 11.6 Å². The van der Waals surface area contributed by atoms with Crippen LogP contribution in [0, 0.1) is 13.8 Å². The van der Waals surface area contributed by atoms with Gasteiger partial charge in [-0.25, -0.2) is 5.43 Å². The summed E-state index contributed by atoms with van der Waals surface area (Å²) in [5.41, 5.74) is 5.37. The number of ether oxygens (including phenoxy) is 1. The van der Waals surface area contributed by atoms with Crippen LogP contribution in [0.3, 0.4) is 0 Å². The van der Waals surface area contributed by atoms with E-state index in [1.807, 2.05) is 50.2 Å². The van der Waals surface area contributed by atoms with Crippen LogP contribution in [0.2, 0.25) is 5.02 Å². The first-order chi connectivity index (χ1) is 13.0. The Kier molecular flexibility index (Phi) is 5.94. The number of carbonyl (C=O) groups excluding carboxylic acids is 1. The van der Waals surface area contributed by atoms with Crippen molar-refractivity contribution in [3.05, 3.63) is 76.5 Å². The number of hydrazone groups is 1. The van der Waals surface area contributed by atoms with E-state index in [1.165, 1.54) is 6.21 Å². The normalized spacial score (nSPS) is 10.9. The lowest BCUT2D eigenvalue weighted by Gasteiger charge is -2.08. The fraction of sp³-hybridized carbons (Fsp3) is 0.143. The predicted octanol–water partition coefficient (Wildman–Crippen LogP) is 4.75. The first kappa shape index (κ1) is 18.7. The Morgan fingerprint density at radius 1 is 1.15 bits per heavy atom. The second-order valence-corrected chi connectivity index (χ2v) is 6.50. The van der Waals surface area contributed by atoms with E-state index in [-0.39, 0.29) is 12.5 Å². The van der Waals surface area contributed by atoms with Crippen molar-refractivity contribution < 1.29 is 13.9 Å². The smallest absolute Gasteiger partial charge is 0.277 e. The predicted molar refractivity (Wildman–Crippen MR) is 106 cm³/mol. The Labute approximate surface area is 162 Å². The molecule has 0 spiro atoms. The summed E-state index contributed by atoms with van der Waals surface area (Å²) >= 11 is 5.88. The molecule has 0 atom stereocenters. The van der Waals surface area contributed by atoms with Crippen molar-refractivity contribution in [2.24, 2.45) is 5.10 Å². The number of hydrogen-bond acceptors (Lipinski definition) is 4. The van der Waals surface area contributed by atoms with Crippen LogP contribution in [0.4, 0.5) is 0 Å². The Bertz CT molecular complexity index is 962. The highest BCUT2D eigenvalue weighted by Gasteiger charge is 2.06. The number of furan rings is 1. The average molecular weight is 383 g/mol. The maximum atomic E-state index is 11.9. The number of rotatable bonds is 6. The van der Waals surface area contributed by atoms with Gasteiger partial charge in [0.2, 0.25) is 0 Å². The standard InChI is InChI=1S/C21H19ClN2O3/c1-14-3-4-15(2)20(11-14)26-13-21(25)24-23-12-18-9-10-19(27-18)16-5-7-17(22)8-6-16/h3-12H,13H2,1-2H3,(H,24,25)/b23-12+. The van der Waals surface area contributed by atoms with Gasteiger partial charge < -0.3 is 9.15 Å². The molecule has 0 aliphatic rings.